The lowest BCUT2D eigenvalue weighted by atomic mass is 9.94. The van der Waals surface area contributed by atoms with Crippen molar-refractivity contribution in [2.45, 2.75) is 71.4 Å². The molecule has 0 aliphatic heterocycles. The third-order valence-corrected chi connectivity index (χ3v) is 7.88. The van der Waals surface area contributed by atoms with E-state index in [1.807, 2.05) is 24.8 Å². The summed E-state index contributed by atoms with van der Waals surface area (Å²) in [6, 6.07) is 12.3. The summed E-state index contributed by atoms with van der Waals surface area (Å²) >= 11 is 6.01. The lowest BCUT2D eigenvalue weighted by Gasteiger charge is -2.33. The van der Waals surface area contributed by atoms with E-state index >= 15 is 0 Å². The number of carbonyl (C=O) groups excluding carboxylic acids is 3. The van der Waals surface area contributed by atoms with E-state index < -0.39 is 0 Å². The van der Waals surface area contributed by atoms with Crippen LogP contribution in [0.5, 0.6) is 0 Å². The molecular formula is C31H38ClN3O5. The highest BCUT2D eigenvalue weighted by Crippen LogP contribution is 2.29. The number of aliphatic hydroxyl groups is 1. The largest absolute Gasteiger partial charge is 0.450 e. The fraction of sp³-hybridized carbons (Fsp3) is 0.452. The van der Waals surface area contributed by atoms with Crippen LogP contribution >= 0.6 is 11.6 Å². The Morgan fingerprint density at radius 3 is 2.50 bits per heavy atom. The zero-order valence-corrected chi connectivity index (χ0v) is 24.0. The topological polar surface area (TPSA) is 101 Å². The minimum atomic E-state index is -0.283. The molecule has 3 aromatic rings. The predicted molar refractivity (Wildman–Crippen MR) is 156 cm³/mol. The summed E-state index contributed by atoms with van der Waals surface area (Å²) < 4.78 is 6.91. The van der Waals surface area contributed by atoms with Crippen LogP contribution in [-0.4, -0.2) is 58.2 Å². The van der Waals surface area contributed by atoms with E-state index in [2.05, 4.69) is 5.32 Å². The Balaban J connectivity index is 1.47. The molecule has 9 heteroatoms. The molecule has 1 aliphatic carbocycles. The number of ether oxygens (including phenoxy) is 1. The maximum atomic E-state index is 13.5. The molecule has 214 valence electrons. The summed E-state index contributed by atoms with van der Waals surface area (Å²) in [7, 11) is 0. The molecule has 0 radical (unpaired) electrons. The van der Waals surface area contributed by atoms with Gasteiger partial charge in [-0.3, -0.25) is 14.2 Å². The molecule has 4 rings (SSSR count). The number of amides is 2. The highest BCUT2D eigenvalue weighted by atomic mass is 35.5. The van der Waals surface area contributed by atoms with Gasteiger partial charge in [0.15, 0.2) is 0 Å². The molecule has 0 spiro atoms. The number of nitrogens with one attached hydrogen (secondary N) is 1. The van der Waals surface area contributed by atoms with Crippen molar-refractivity contribution in [2.75, 3.05) is 19.7 Å². The molecular weight excluding hydrogens is 530 g/mol. The van der Waals surface area contributed by atoms with Gasteiger partial charge in [-0.2, -0.15) is 0 Å². The second-order valence-corrected chi connectivity index (χ2v) is 10.7. The first kappa shape index (κ1) is 29.6. The Bertz CT molecular complexity index is 1350. The third-order valence-electron chi connectivity index (χ3n) is 7.63. The summed E-state index contributed by atoms with van der Waals surface area (Å²) in [4.78, 5) is 40.9. The van der Waals surface area contributed by atoms with Crippen LogP contribution in [0.1, 0.15) is 72.6 Å². The predicted octanol–water partition coefficient (Wildman–Crippen LogP) is 5.62. The fourth-order valence-electron chi connectivity index (χ4n) is 5.56. The second-order valence-electron chi connectivity index (χ2n) is 10.3. The highest BCUT2D eigenvalue weighted by molar-refractivity contribution is 6.30. The van der Waals surface area contributed by atoms with Gasteiger partial charge in [-0.25, -0.2) is 4.79 Å². The van der Waals surface area contributed by atoms with E-state index in [0.29, 0.717) is 53.5 Å². The highest BCUT2D eigenvalue weighted by Gasteiger charge is 2.26. The molecule has 2 amide bonds. The van der Waals surface area contributed by atoms with Crippen molar-refractivity contribution in [2.24, 2.45) is 0 Å². The number of aromatic nitrogens is 1. The first-order valence-electron chi connectivity index (χ1n) is 14.1. The van der Waals surface area contributed by atoms with Crippen molar-refractivity contribution in [1.29, 1.82) is 0 Å². The smallest absolute Gasteiger partial charge is 0.409 e. The normalized spacial score (nSPS) is 13.8. The Labute approximate surface area is 240 Å². The summed E-state index contributed by atoms with van der Waals surface area (Å²) in [6.07, 6.45) is 5.82. The first-order chi connectivity index (χ1) is 19.3. The Morgan fingerprint density at radius 1 is 1.10 bits per heavy atom. The SMILES string of the molecule is CCOC(=O)N(CCCNC(=O)Cc1c(C)n(C(=O)c2ccc(Cl)cc2)c2ccc(CO)cc12)C1CCCCC1. The Hall–Kier alpha value is -3.36. The van der Waals surface area contributed by atoms with E-state index in [0.717, 1.165) is 36.6 Å². The molecule has 1 heterocycles. The van der Waals surface area contributed by atoms with E-state index in [-0.39, 0.29) is 37.0 Å². The van der Waals surface area contributed by atoms with Crippen LogP contribution in [0.2, 0.25) is 5.02 Å². The lowest BCUT2D eigenvalue weighted by Crippen LogP contribution is -2.43. The van der Waals surface area contributed by atoms with Crippen molar-refractivity contribution in [3.05, 3.63) is 69.9 Å². The summed E-state index contributed by atoms with van der Waals surface area (Å²) in [6.45, 7) is 4.78. The zero-order chi connectivity index (χ0) is 28.6. The number of hydrogen-bond donors (Lipinski definition) is 2. The van der Waals surface area contributed by atoms with Crippen LogP contribution in [0.4, 0.5) is 4.79 Å². The lowest BCUT2D eigenvalue weighted by molar-refractivity contribution is -0.120. The third kappa shape index (κ3) is 6.85. The van der Waals surface area contributed by atoms with Crippen LogP contribution in [0.15, 0.2) is 42.5 Å². The fourth-order valence-corrected chi connectivity index (χ4v) is 5.68. The first-order valence-corrected chi connectivity index (χ1v) is 14.5. The van der Waals surface area contributed by atoms with Gasteiger partial charge >= 0.3 is 6.09 Å². The summed E-state index contributed by atoms with van der Waals surface area (Å²) in [5.74, 6) is -0.389. The van der Waals surface area contributed by atoms with Gasteiger partial charge in [0.1, 0.15) is 0 Å². The Kier molecular flexibility index (Phi) is 10.2. The van der Waals surface area contributed by atoms with Crippen LogP contribution in [0.3, 0.4) is 0 Å². The van der Waals surface area contributed by atoms with Crippen LogP contribution in [0, 0.1) is 6.92 Å². The Morgan fingerprint density at radius 2 is 1.82 bits per heavy atom. The number of hydrogen-bond acceptors (Lipinski definition) is 5. The monoisotopic (exact) mass is 567 g/mol. The second kappa shape index (κ2) is 13.8. The molecule has 1 aliphatic rings. The van der Waals surface area contributed by atoms with Crippen LogP contribution in [0.25, 0.3) is 10.9 Å². The van der Waals surface area contributed by atoms with Crippen LogP contribution < -0.4 is 5.32 Å². The van der Waals surface area contributed by atoms with E-state index in [4.69, 9.17) is 16.3 Å². The van der Waals surface area contributed by atoms with Gasteiger partial charge in [0, 0.05) is 40.8 Å². The van der Waals surface area contributed by atoms with Crippen molar-refractivity contribution in [3.8, 4) is 0 Å². The summed E-state index contributed by atoms with van der Waals surface area (Å²) in [5.41, 5.74) is 3.27. The molecule has 0 unspecified atom stereocenters. The van der Waals surface area contributed by atoms with Gasteiger partial charge in [-0.1, -0.05) is 36.9 Å². The van der Waals surface area contributed by atoms with Gasteiger partial charge in [-0.15, -0.1) is 0 Å². The minimum absolute atomic E-state index is 0.0856. The number of nitrogens with zero attached hydrogens (tertiary/aromatic N) is 2. The number of benzene rings is 2. The molecule has 1 aromatic heterocycles. The number of halogens is 1. The molecule has 8 nitrogen and oxygen atoms in total. The zero-order valence-electron chi connectivity index (χ0n) is 23.2. The molecule has 2 aromatic carbocycles. The summed E-state index contributed by atoms with van der Waals surface area (Å²) in [5, 5.41) is 14.0. The van der Waals surface area contributed by atoms with Gasteiger partial charge in [0.25, 0.3) is 5.91 Å². The average Bonchev–Trinajstić information content (AvgIpc) is 3.23. The van der Waals surface area contributed by atoms with E-state index in [9.17, 15) is 19.5 Å². The standard InChI is InChI=1S/C31H38ClN3O5/c1-3-40-31(39)34(25-8-5-4-6-9-25)17-7-16-33-29(37)19-26-21(2)35(28-15-10-22(20-36)18-27(26)28)30(38)23-11-13-24(32)14-12-23/h10-15,18,25,36H,3-9,16-17,19-20H2,1-2H3,(H,33,37). The quantitative estimate of drug-likeness (QED) is 0.309. The molecule has 0 atom stereocenters. The molecule has 0 saturated heterocycles. The van der Waals surface area contributed by atoms with Gasteiger partial charge < -0.3 is 20.1 Å². The van der Waals surface area contributed by atoms with Crippen molar-refractivity contribution < 1.29 is 24.2 Å². The molecule has 1 fully saturated rings. The minimum Gasteiger partial charge on any atom is -0.450 e. The van der Waals surface area contributed by atoms with E-state index in [1.165, 1.54) is 6.42 Å². The van der Waals surface area contributed by atoms with Crippen molar-refractivity contribution in [3.63, 3.8) is 0 Å². The molecule has 2 N–H and O–H groups in total. The number of rotatable bonds is 10. The average molecular weight is 568 g/mol. The van der Waals surface area contributed by atoms with Crippen LogP contribution in [-0.2, 0) is 22.6 Å². The van der Waals surface area contributed by atoms with Crippen molar-refractivity contribution >= 4 is 40.4 Å². The van der Waals surface area contributed by atoms with Gasteiger partial charge in [-0.05, 0) is 80.6 Å². The molecule has 1 saturated carbocycles. The number of aliphatic hydroxyl groups excluding tert-OH is 1. The van der Waals surface area contributed by atoms with Crippen molar-refractivity contribution in [1.82, 2.24) is 14.8 Å². The number of carbonyl (C=O) groups is 3. The van der Waals surface area contributed by atoms with Gasteiger partial charge in [0.05, 0.1) is 25.2 Å². The number of fused-ring (bicyclic) bond motifs is 1. The molecule has 0 bridgehead atoms. The van der Waals surface area contributed by atoms with E-state index in [1.54, 1.807) is 41.0 Å². The maximum absolute atomic E-state index is 13.5. The molecule has 40 heavy (non-hydrogen) atoms. The van der Waals surface area contributed by atoms with Gasteiger partial charge in [0.2, 0.25) is 5.91 Å². The maximum Gasteiger partial charge on any atom is 0.409 e.